The highest BCUT2D eigenvalue weighted by Gasteiger charge is 2.36. The van der Waals surface area contributed by atoms with Crippen LogP contribution in [0.1, 0.15) is 5.56 Å². The van der Waals surface area contributed by atoms with Crippen molar-refractivity contribution >= 4 is 10.8 Å². The molecule has 76 valence electrons. The van der Waals surface area contributed by atoms with Gasteiger partial charge in [-0.25, -0.2) is 0 Å². The SMILES string of the molecule is NC1(c2cccc3ccccc23)COC1. The summed E-state index contributed by atoms with van der Waals surface area (Å²) in [7, 11) is 0. The standard InChI is InChI=1S/C13H13NO/c14-13(8-15-9-13)12-7-3-5-10-4-1-2-6-11(10)12/h1-7H,8-9,14H2. The van der Waals surface area contributed by atoms with E-state index in [9.17, 15) is 0 Å². The number of fused-ring (bicyclic) bond motifs is 1. The normalized spacial score (nSPS) is 18.7. The van der Waals surface area contributed by atoms with Crippen LogP contribution in [-0.4, -0.2) is 13.2 Å². The molecule has 0 saturated carbocycles. The number of benzene rings is 2. The van der Waals surface area contributed by atoms with Crippen LogP contribution in [0.3, 0.4) is 0 Å². The van der Waals surface area contributed by atoms with Gasteiger partial charge in [0.05, 0.1) is 18.8 Å². The third-order valence-electron chi connectivity index (χ3n) is 3.05. The lowest BCUT2D eigenvalue weighted by molar-refractivity contribution is -0.0561. The molecule has 0 radical (unpaired) electrons. The zero-order valence-electron chi connectivity index (χ0n) is 8.44. The molecule has 1 aliphatic heterocycles. The Morgan fingerprint density at radius 1 is 1.00 bits per heavy atom. The van der Waals surface area contributed by atoms with E-state index in [-0.39, 0.29) is 5.54 Å². The molecule has 0 amide bonds. The second kappa shape index (κ2) is 3.05. The summed E-state index contributed by atoms with van der Waals surface area (Å²) in [4.78, 5) is 0. The predicted molar refractivity (Wildman–Crippen MR) is 60.6 cm³/mol. The molecule has 2 heteroatoms. The van der Waals surface area contributed by atoms with Gasteiger partial charge < -0.3 is 10.5 Å². The second-order valence-electron chi connectivity index (χ2n) is 4.18. The summed E-state index contributed by atoms with van der Waals surface area (Å²) < 4.78 is 5.22. The van der Waals surface area contributed by atoms with Crippen molar-refractivity contribution < 1.29 is 4.74 Å². The molecular formula is C13H13NO. The third-order valence-corrected chi connectivity index (χ3v) is 3.05. The summed E-state index contributed by atoms with van der Waals surface area (Å²) in [5.74, 6) is 0. The van der Waals surface area contributed by atoms with E-state index in [1.54, 1.807) is 0 Å². The maximum Gasteiger partial charge on any atom is 0.0889 e. The number of ether oxygens (including phenoxy) is 1. The Morgan fingerprint density at radius 2 is 1.73 bits per heavy atom. The molecule has 1 heterocycles. The molecule has 2 aromatic carbocycles. The van der Waals surface area contributed by atoms with E-state index in [4.69, 9.17) is 10.5 Å². The van der Waals surface area contributed by atoms with Crippen LogP contribution >= 0.6 is 0 Å². The van der Waals surface area contributed by atoms with Crippen molar-refractivity contribution in [3.05, 3.63) is 48.0 Å². The summed E-state index contributed by atoms with van der Waals surface area (Å²) in [5.41, 5.74) is 7.19. The molecule has 0 spiro atoms. The van der Waals surface area contributed by atoms with Crippen molar-refractivity contribution in [1.29, 1.82) is 0 Å². The molecule has 1 fully saturated rings. The van der Waals surface area contributed by atoms with Crippen molar-refractivity contribution in [2.45, 2.75) is 5.54 Å². The first-order valence-corrected chi connectivity index (χ1v) is 5.14. The molecule has 0 bridgehead atoms. The van der Waals surface area contributed by atoms with E-state index in [0.29, 0.717) is 13.2 Å². The summed E-state index contributed by atoms with van der Waals surface area (Å²) in [6.45, 7) is 1.25. The molecule has 2 nitrogen and oxygen atoms in total. The lowest BCUT2D eigenvalue weighted by atomic mass is 9.86. The molecule has 15 heavy (non-hydrogen) atoms. The zero-order valence-corrected chi connectivity index (χ0v) is 8.44. The van der Waals surface area contributed by atoms with Crippen molar-refractivity contribution in [3.8, 4) is 0 Å². The Labute approximate surface area is 88.7 Å². The first-order chi connectivity index (χ1) is 7.30. The molecule has 3 rings (SSSR count). The van der Waals surface area contributed by atoms with Gasteiger partial charge in [-0.3, -0.25) is 0 Å². The average Bonchev–Trinajstić information content (AvgIpc) is 2.25. The fourth-order valence-electron chi connectivity index (χ4n) is 2.14. The molecule has 1 saturated heterocycles. The fourth-order valence-corrected chi connectivity index (χ4v) is 2.14. The van der Waals surface area contributed by atoms with Crippen molar-refractivity contribution in [2.24, 2.45) is 5.73 Å². The summed E-state index contributed by atoms with van der Waals surface area (Å²) in [5, 5.41) is 2.48. The summed E-state index contributed by atoms with van der Waals surface area (Å²) in [6.07, 6.45) is 0. The number of nitrogens with two attached hydrogens (primary N) is 1. The van der Waals surface area contributed by atoms with Gasteiger partial charge in [-0.05, 0) is 16.3 Å². The van der Waals surface area contributed by atoms with Crippen molar-refractivity contribution in [1.82, 2.24) is 0 Å². The maximum atomic E-state index is 6.27. The molecular weight excluding hydrogens is 186 g/mol. The van der Waals surface area contributed by atoms with Gasteiger partial charge in [0.2, 0.25) is 0 Å². The van der Waals surface area contributed by atoms with Crippen LogP contribution in [0.25, 0.3) is 10.8 Å². The predicted octanol–water partition coefficient (Wildman–Crippen LogP) is 2.02. The average molecular weight is 199 g/mol. The first-order valence-electron chi connectivity index (χ1n) is 5.14. The van der Waals surface area contributed by atoms with Crippen molar-refractivity contribution in [2.75, 3.05) is 13.2 Å². The molecule has 0 aliphatic carbocycles. The van der Waals surface area contributed by atoms with Gasteiger partial charge in [-0.15, -0.1) is 0 Å². The van der Waals surface area contributed by atoms with Gasteiger partial charge >= 0.3 is 0 Å². The minimum Gasteiger partial charge on any atom is -0.377 e. The monoisotopic (exact) mass is 199 g/mol. The van der Waals surface area contributed by atoms with Crippen LogP contribution < -0.4 is 5.73 Å². The Bertz CT molecular complexity index is 497. The Morgan fingerprint density at radius 3 is 2.47 bits per heavy atom. The van der Waals surface area contributed by atoms with Crippen LogP contribution in [0.15, 0.2) is 42.5 Å². The highest BCUT2D eigenvalue weighted by Crippen LogP contribution is 2.32. The lowest BCUT2D eigenvalue weighted by Gasteiger charge is -2.38. The lowest BCUT2D eigenvalue weighted by Crippen LogP contribution is -2.54. The van der Waals surface area contributed by atoms with E-state index in [1.165, 1.54) is 16.3 Å². The second-order valence-corrected chi connectivity index (χ2v) is 4.18. The van der Waals surface area contributed by atoms with Crippen LogP contribution in [0.4, 0.5) is 0 Å². The smallest absolute Gasteiger partial charge is 0.0889 e. The molecule has 1 aliphatic rings. The summed E-state index contributed by atoms with van der Waals surface area (Å²) >= 11 is 0. The first kappa shape index (κ1) is 8.89. The van der Waals surface area contributed by atoms with E-state index >= 15 is 0 Å². The highest BCUT2D eigenvalue weighted by molar-refractivity contribution is 5.86. The molecule has 2 N–H and O–H groups in total. The van der Waals surface area contributed by atoms with E-state index in [0.717, 1.165) is 0 Å². The third kappa shape index (κ3) is 1.26. The van der Waals surface area contributed by atoms with Gasteiger partial charge in [-0.1, -0.05) is 42.5 Å². The fraction of sp³-hybridized carbons (Fsp3) is 0.231. The van der Waals surface area contributed by atoms with E-state index in [2.05, 4.69) is 36.4 Å². The van der Waals surface area contributed by atoms with E-state index in [1.807, 2.05) is 6.07 Å². The highest BCUT2D eigenvalue weighted by atomic mass is 16.5. The maximum absolute atomic E-state index is 6.27. The number of rotatable bonds is 1. The van der Waals surface area contributed by atoms with Crippen LogP contribution in [0.2, 0.25) is 0 Å². The van der Waals surface area contributed by atoms with Gasteiger partial charge in [-0.2, -0.15) is 0 Å². The van der Waals surface area contributed by atoms with Crippen LogP contribution in [0, 0.1) is 0 Å². The Balaban J connectivity index is 2.26. The largest absolute Gasteiger partial charge is 0.377 e. The van der Waals surface area contributed by atoms with Gasteiger partial charge in [0.1, 0.15) is 0 Å². The van der Waals surface area contributed by atoms with Crippen molar-refractivity contribution in [3.63, 3.8) is 0 Å². The van der Waals surface area contributed by atoms with Gasteiger partial charge in [0.15, 0.2) is 0 Å². The molecule has 0 aromatic heterocycles. The topological polar surface area (TPSA) is 35.2 Å². The molecule has 0 unspecified atom stereocenters. The number of hydrogen-bond donors (Lipinski definition) is 1. The molecule has 0 atom stereocenters. The number of hydrogen-bond acceptors (Lipinski definition) is 2. The molecule has 2 aromatic rings. The zero-order chi connectivity index (χ0) is 10.3. The quantitative estimate of drug-likeness (QED) is 0.762. The Hall–Kier alpha value is -1.38. The van der Waals surface area contributed by atoms with Gasteiger partial charge in [0, 0.05) is 0 Å². The van der Waals surface area contributed by atoms with Crippen LogP contribution in [-0.2, 0) is 10.3 Å². The van der Waals surface area contributed by atoms with Crippen LogP contribution in [0.5, 0.6) is 0 Å². The minimum absolute atomic E-state index is 0.277. The summed E-state index contributed by atoms with van der Waals surface area (Å²) in [6, 6.07) is 14.6. The van der Waals surface area contributed by atoms with E-state index < -0.39 is 0 Å². The van der Waals surface area contributed by atoms with Gasteiger partial charge in [0.25, 0.3) is 0 Å². The Kier molecular flexibility index (Phi) is 1.81. The minimum atomic E-state index is -0.277.